The summed E-state index contributed by atoms with van der Waals surface area (Å²) in [4.78, 5) is 14.1. The smallest absolute Gasteiger partial charge is 0.237 e. The molecule has 4 heteroatoms. The van der Waals surface area contributed by atoms with Gasteiger partial charge in [-0.25, -0.2) is 0 Å². The Balaban J connectivity index is 1.84. The van der Waals surface area contributed by atoms with Gasteiger partial charge in [0, 0.05) is 13.2 Å². The van der Waals surface area contributed by atoms with Crippen molar-refractivity contribution in [1.82, 2.24) is 10.2 Å². The maximum Gasteiger partial charge on any atom is 0.237 e. The highest BCUT2D eigenvalue weighted by Gasteiger charge is 2.33. The van der Waals surface area contributed by atoms with Crippen LogP contribution in [0.1, 0.15) is 19.8 Å². The zero-order valence-corrected chi connectivity index (χ0v) is 9.53. The van der Waals surface area contributed by atoms with E-state index < -0.39 is 0 Å². The number of rotatable bonds is 2. The lowest BCUT2D eigenvalue weighted by Crippen LogP contribution is -2.45. The summed E-state index contributed by atoms with van der Waals surface area (Å²) >= 11 is 0. The van der Waals surface area contributed by atoms with Crippen LogP contribution in [-0.4, -0.2) is 49.7 Å². The molecule has 0 spiro atoms. The minimum absolute atomic E-state index is 0.0700. The van der Waals surface area contributed by atoms with Gasteiger partial charge in [-0.15, -0.1) is 0 Å². The van der Waals surface area contributed by atoms with E-state index in [0.717, 1.165) is 26.0 Å². The van der Waals surface area contributed by atoms with Gasteiger partial charge in [0.05, 0.1) is 18.7 Å². The van der Waals surface area contributed by atoms with Crippen LogP contribution in [-0.2, 0) is 9.53 Å². The molecule has 0 bridgehead atoms. The Labute approximate surface area is 91.0 Å². The molecule has 0 saturated carbocycles. The Kier molecular flexibility index (Phi) is 3.26. The summed E-state index contributed by atoms with van der Waals surface area (Å²) in [6.45, 7) is 4.68. The first-order chi connectivity index (χ1) is 7.16. The van der Waals surface area contributed by atoms with Crippen molar-refractivity contribution < 1.29 is 9.53 Å². The number of carbonyl (C=O) groups excluding carboxylic acids is 1. The van der Waals surface area contributed by atoms with E-state index in [-0.39, 0.29) is 18.0 Å². The van der Waals surface area contributed by atoms with Gasteiger partial charge in [-0.2, -0.15) is 0 Å². The number of ether oxygens (including phenoxy) is 1. The standard InChI is InChI=1S/C11H20N2O2/c1-8-5-10(13(2)6-8)11(14)12-9-3-4-15-7-9/h8-10H,3-7H2,1-2H3,(H,12,14)/t8?,9-,10-/m0/s1. The van der Waals surface area contributed by atoms with E-state index in [4.69, 9.17) is 4.74 Å². The Morgan fingerprint density at radius 1 is 1.53 bits per heavy atom. The Hall–Kier alpha value is -0.610. The third-order valence-corrected chi connectivity index (χ3v) is 3.34. The number of likely N-dealkylation sites (tertiary alicyclic amines) is 1. The van der Waals surface area contributed by atoms with E-state index in [2.05, 4.69) is 17.1 Å². The predicted octanol–water partition coefficient (Wildman–Crippen LogP) is 0.232. The van der Waals surface area contributed by atoms with E-state index in [1.54, 1.807) is 0 Å². The number of hydrogen-bond acceptors (Lipinski definition) is 3. The molecular weight excluding hydrogens is 192 g/mol. The molecule has 15 heavy (non-hydrogen) atoms. The molecule has 0 radical (unpaired) electrons. The van der Waals surface area contributed by atoms with Crippen LogP contribution in [0.3, 0.4) is 0 Å². The van der Waals surface area contributed by atoms with E-state index in [1.807, 2.05) is 7.05 Å². The van der Waals surface area contributed by atoms with Crippen molar-refractivity contribution in [2.75, 3.05) is 26.8 Å². The highest BCUT2D eigenvalue weighted by atomic mass is 16.5. The molecule has 3 atom stereocenters. The molecule has 2 aliphatic rings. The van der Waals surface area contributed by atoms with Crippen LogP contribution in [0.15, 0.2) is 0 Å². The molecule has 0 aliphatic carbocycles. The van der Waals surface area contributed by atoms with Crippen molar-refractivity contribution in [2.45, 2.75) is 31.8 Å². The zero-order valence-electron chi connectivity index (χ0n) is 9.53. The third-order valence-electron chi connectivity index (χ3n) is 3.34. The van der Waals surface area contributed by atoms with Gasteiger partial charge in [0.15, 0.2) is 0 Å². The summed E-state index contributed by atoms with van der Waals surface area (Å²) in [5, 5.41) is 3.07. The van der Waals surface area contributed by atoms with Crippen molar-refractivity contribution in [1.29, 1.82) is 0 Å². The molecular formula is C11H20N2O2. The average molecular weight is 212 g/mol. The topological polar surface area (TPSA) is 41.6 Å². The van der Waals surface area contributed by atoms with Crippen molar-refractivity contribution in [2.24, 2.45) is 5.92 Å². The predicted molar refractivity (Wildman–Crippen MR) is 57.6 cm³/mol. The largest absolute Gasteiger partial charge is 0.379 e. The van der Waals surface area contributed by atoms with Crippen molar-refractivity contribution in [3.8, 4) is 0 Å². The van der Waals surface area contributed by atoms with Gasteiger partial charge in [-0.3, -0.25) is 9.69 Å². The highest BCUT2D eigenvalue weighted by molar-refractivity contribution is 5.82. The maximum atomic E-state index is 11.9. The average Bonchev–Trinajstić information content (AvgIpc) is 2.75. The first-order valence-electron chi connectivity index (χ1n) is 5.75. The normalized spacial score (nSPS) is 37.1. The van der Waals surface area contributed by atoms with E-state index in [1.165, 1.54) is 0 Å². The van der Waals surface area contributed by atoms with Crippen LogP contribution in [0.25, 0.3) is 0 Å². The SMILES string of the molecule is CC1C[C@@H](C(=O)N[C@H]2CCOC2)N(C)C1. The molecule has 2 fully saturated rings. The van der Waals surface area contributed by atoms with Crippen molar-refractivity contribution in [3.63, 3.8) is 0 Å². The number of nitrogens with one attached hydrogen (secondary N) is 1. The lowest BCUT2D eigenvalue weighted by atomic mass is 10.1. The number of hydrogen-bond donors (Lipinski definition) is 1. The molecule has 2 aliphatic heterocycles. The fourth-order valence-corrected chi connectivity index (χ4v) is 2.51. The van der Waals surface area contributed by atoms with Gasteiger partial charge in [0.1, 0.15) is 0 Å². The summed E-state index contributed by atoms with van der Waals surface area (Å²) in [7, 11) is 2.03. The summed E-state index contributed by atoms with van der Waals surface area (Å²) < 4.78 is 5.24. The summed E-state index contributed by atoms with van der Waals surface area (Å²) in [5.74, 6) is 0.808. The monoisotopic (exact) mass is 212 g/mol. The molecule has 4 nitrogen and oxygen atoms in total. The van der Waals surface area contributed by atoms with E-state index >= 15 is 0 Å². The Morgan fingerprint density at radius 3 is 2.87 bits per heavy atom. The Bertz CT molecular complexity index is 239. The first-order valence-corrected chi connectivity index (χ1v) is 5.75. The van der Waals surface area contributed by atoms with Gasteiger partial charge in [-0.05, 0) is 25.8 Å². The second-order valence-corrected chi connectivity index (χ2v) is 4.87. The molecule has 2 saturated heterocycles. The second kappa shape index (κ2) is 4.49. The van der Waals surface area contributed by atoms with Crippen LogP contribution in [0.2, 0.25) is 0 Å². The van der Waals surface area contributed by atoms with E-state index in [9.17, 15) is 4.79 Å². The van der Waals surface area contributed by atoms with Crippen LogP contribution in [0.4, 0.5) is 0 Å². The minimum Gasteiger partial charge on any atom is -0.379 e. The fraction of sp³-hybridized carbons (Fsp3) is 0.909. The number of likely N-dealkylation sites (N-methyl/N-ethyl adjacent to an activating group) is 1. The molecule has 2 rings (SSSR count). The third kappa shape index (κ3) is 2.49. The number of amides is 1. The molecule has 2 heterocycles. The van der Waals surface area contributed by atoms with Crippen LogP contribution in [0.5, 0.6) is 0 Å². The molecule has 0 aromatic heterocycles. The fourth-order valence-electron chi connectivity index (χ4n) is 2.51. The molecule has 0 aromatic carbocycles. The molecule has 1 amide bonds. The van der Waals surface area contributed by atoms with Gasteiger partial charge in [-0.1, -0.05) is 6.92 Å². The lowest BCUT2D eigenvalue weighted by molar-refractivity contribution is -0.125. The number of carbonyl (C=O) groups is 1. The molecule has 0 aromatic rings. The summed E-state index contributed by atoms with van der Waals surface area (Å²) in [6, 6.07) is 0.308. The van der Waals surface area contributed by atoms with Crippen molar-refractivity contribution in [3.05, 3.63) is 0 Å². The van der Waals surface area contributed by atoms with Crippen LogP contribution in [0, 0.1) is 5.92 Å². The first kappa shape index (κ1) is 10.9. The number of nitrogens with zero attached hydrogens (tertiary/aromatic N) is 1. The molecule has 1 unspecified atom stereocenters. The van der Waals surface area contributed by atoms with Gasteiger partial charge < -0.3 is 10.1 Å². The maximum absolute atomic E-state index is 11.9. The summed E-state index contributed by atoms with van der Waals surface area (Å²) in [6.07, 6.45) is 1.94. The quantitative estimate of drug-likeness (QED) is 0.712. The van der Waals surface area contributed by atoms with Crippen molar-refractivity contribution >= 4 is 5.91 Å². The van der Waals surface area contributed by atoms with Gasteiger partial charge >= 0.3 is 0 Å². The Morgan fingerprint density at radius 2 is 2.33 bits per heavy atom. The van der Waals surface area contributed by atoms with Gasteiger partial charge in [0.2, 0.25) is 5.91 Å². The van der Waals surface area contributed by atoms with Crippen LogP contribution < -0.4 is 5.32 Å². The van der Waals surface area contributed by atoms with Crippen LogP contribution >= 0.6 is 0 Å². The highest BCUT2D eigenvalue weighted by Crippen LogP contribution is 2.21. The minimum atomic E-state index is 0.0700. The zero-order chi connectivity index (χ0) is 10.8. The summed E-state index contributed by atoms with van der Waals surface area (Å²) in [5.41, 5.74) is 0. The van der Waals surface area contributed by atoms with E-state index in [0.29, 0.717) is 12.5 Å². The molecule has 1 N–H and O–H groups in total. The van der Waals surface area contributed by atoms with Gasteiger partial charge in [0.25, 0.3) is 0 Å². The molecule has 86 valence electrons. The second-order valence-electron chi connectivity index (χ2n) is 4.87. The lowest BCUT2D eigenvalue weighted by Gasteiger charge is -2.20.